The summed E-state index contributed by atoms with van der Waals surface area (Å²) in [5, 5.41) is 0. The van der Waals surface area contributed by atoms with Crippen LogP contribution in [0.1, 0.15) is 12.6 Å². The molecule has 4 heteroatoms. The van der Waals surface area contributed by atoms with Gasteiger partial charge in [-0.3, -0.25) is 9.36 Å². The van der Waals surface area contributed by atoms with E-state index in [1.165, 1.54) is 17.7 Å². The van der Waals surface area contributed by atoms with Gasteiger partial charge in [-0.1, -0.05) is 12.2 Å². The minimum absolute atomic E-state index is 0.114. The zero-order valence-corrected chi connectivity index (χ0v) is 8.70. The fourth-order valence-electron chi connectivity index (χ4n) is 1.17. The van der Waals surface area contributed by atoms with E-state index < -0.39 is 0 Å². The Morgan fingerprint density at radius 1 is 1.71 bits per heavy atom. The molecule has 14 heavy (non-hydrogen) atoms. The maximum absolute atomic E-state index is 11.6. The van der Waals surface area contributed by atoms with Crippen molar-refractivity contribution in [1.29, 1.82) is 0 Å². The highest BCUT2D eigenvalue weighted by Gasteiger charge is 2.06. The Morgan fingerprint density at radius 2 is 2.36 bits per heavy atom. The Bertz CT molecular complexity index is 407. The van der Waals surface area contributed by atoms with Crippen LogP contribution in [0.15, 0.2) is 23.0 Å². The van der Waals surface area contributed by atoms with Crippen molar-refractivity contribution in [2.75, 3.05) is 7.11 Å². The van der Waals surface area contributed by atoms with E-state index in [0.29, 0.717) is 18.2 Å². The normalized spacial score (nSPS) is 9.93. The number of hydrogen-bond donors (Lipinski definition) is 0. The van der Waals surface area contributed by atoms with E-state index in [1.807, 2.05) is 6.92 Å². The van der Waals surface area contributed by atoms with E-state index in [1.54, 1.807) is 6.92 Å². The second-order valence-corrected chi connectivity index (χ2v) is 3.27. The summed E-state index contributed by atoms with van der Waals surface area (Å²) < 4.78 is 6.47. The molecule has 0 saturated carbocycles. The maximum Gasteiger partial charge on any atom is 0.299 e. The Morgan fingerprint density at radius 3 is 2.86 bits per heavy atom. The molecule has 1 aromatic rings. The molecule has 1 rings (SSSR count). The van der Waals surface area contributed by atoms with Gasteiger partial charge in [-0.25, -0.2) is 4.98 Å². The van der Waals surface area contributed by atoms with Crippen LogP contribution in [-0.2, 0) is 6.54 Å². The van der Waals surface area contributed by atoms with Crippen LogP contribution < -0.4 is 10.3 Å². The number of rotatable bonds is 3. The Kier molecular flexibility index (Phi) is 3.06. The molecule has 0 amide bonds. The van der Waals surface area contributed by atoms with Gasteiger partial charge < -0.3 is 4.74 Å². The fourth-order valence-corrected chi connectivity index (χ4v) is 1.17. The van der Waals surface area contributed by atoms with Gasteiger partial charge in [0.25, 0.3) is 11.6 Å². The van der Waals surface area contributed by atoms with E-state index >= 15 is 0 Å². The molecule has 0 radical (unpaired) electrons. The third-order valence-corrected chi connectivity index (χ3v) is 1.71. The topological polar surface area (TPSA) is 44.1 Å². The summed E-state index contributed by atoms with van der Waals surface area (Å²) in [5.41, 5.74) is 1.43. The molecular weight excluding hydrogens is 180 g/mol. The molecule has 0 aliphatic heterocycles. The largest absolute Gasteiger partial charge is 0.468 e. The minimum atomic E-state index is -0.114. The second-order valence-electron chi connectivity index (χ2n) is 3.27. The highest BCUT2D eigenvalue weighted by molar-refractivity contribution is 5.08. The van der Waals surface area contributed by atoms with Crippen LogP contribution in [0.3, 0.4) is 0 Å². The second kappa shape index (κ2) is 4.09. The number of ether oxygens (including phenoxy) is 1. The molecule has 76 valence electrons. The van der Waals surface area contributed by atoms with Crippen LogP contribution in [0.25, 0.3) is 0 Å². The zero-order chi connectivity index (χ0) is 10.7. The highest BCUT2D eigenvalue weighted by Crippen LogP contribution is 2.06. The number of aryl methyl sites for hydroxylation is 1. The molecule has 0 atom stereocenters. The number of methoxy groups -OCH3 is 1. The lowest BCUT2D eigenvalue weighted by atomic mass is 10.3. The van der Waals surface area contributed by atoms with Crippen molar-refractivity contribution in [1.82, 2.24) is 9.55 Å². The predicted octanol–water partition coefficient (Wildman–Crippen LogP) is 1.14. The van der Waals surface area contributed by atoms with Crippen LogP contribution in [0, 0.1) is 6.92 Å². The molecular formula is C10H14N2O2. The molecule has 0 spiro atoms. The summed E-state index contributed by atoms with van der Waals surface area (Å²) in [6.45, 7) is 7.80. The van der Waals surface area contributed by atoms with Crippen molar-refractivity contribution in [2.24, 2.45) is 0 Å². The van der Waals surface area contributed by atoms with Crippen LogP contribution >= 0.6 is 0 Å². The van der Waals surface area contributed by atoms with Crippen LogP contribution in [0.4, 0.5) is 0 Å². The Labute approximate surface area is 82.9 Å². The van der Waals surface area contributed by atoms with Crippen molar-refractivity contribution in [3.05, 3.63) is 34.3 Å². The third kappa shape index (κ3) is 2.22. The van der Waals surface area contributed by atoms with Gasteiger partial charge in [0.05, 0.1) is 13.7 Å². The Balaban J connectivity index is 3.25. The molecule has 0 aliphatic rings. The molecule has 0 fully saturated rings. The monoisotopic (exact) mass is 194 g/mol. The average Bonchev–Trinajstić information content (AvgIpc) is 2.08. The summed E-state index contributed by atoms with van der Waals surface area (Å²) >= 11 is 0. The molecule has 1 heterocycles. The first-order valence-corrected chi connectivity index (χ1v) is 4.31. The van der Waals surface area contributed by atoms with Gasteiger partial charge in [-0.05, 0) is 13.8 Å². The molecule has 0 saturated heterocycles. The predicted molar refractivity (Wildman–Crippen MR) is 54.6 cm³/mol. The van der Waals surface area contributed by atoms with E-state index in [9.17, 15) is 4.79 Å². The summed E-state index contributed by atoms with van der Waals surface area (Å²) in [6.07, 6.45) is 0. The lowest BCUT2D eigenvalue weighted by molar-refractivity contribution is 0.349. The Hall–Kier alpha value is -1.58. The van der Waals surface area contributed by atoms with E-state index in [-0.39, 0.29) is 5.56 Å². The van der Waals surface area contributed by atoms with Crippen LogP contribution in [0.2, 0.25) is 0 Å². The molecule has 0 bridgehead atoms. The molecule has 0 N–H and O–H groups in total. The molecule has 0 aliphatic carbocycles. The summed E-state index contributed by atoms with van der Waals surface area (Å²) in [6, 6.07) is 1.81. The van der Waals surface area contributed by atoms with Crippen molar-refractivity contribution >= 4 is 0 Å². The van der Waals surface area contributed by atoms with Crippen molar-refractivity contribution in [3.8, 4) is 6.01 Å². The number of hydrogen-bond acceptors (Lipinski definition) is 3. The third-order valence-electron chi connectivity index (χ3n) is 1.71. The first-order chi connectivity index (χ1) is 6.54. The standard InChI is InChI=1S/C10H14N2O2/c1-7(2)6-12-9(13)5-8(3)11-10(12)14-4/h5H,1,6H2,2-4H3. The van der Waals surface area contributed by atoms with E-state index in [0.717, 1.165) is 5.57 Å². The maximum atomic E-state index is 11.6. The molecule has 4 nitrogen and oxygen atoms in total. The molecule has 0 aromatic carbocycles. The van der Waals surface area contributed by atoms with Gasteiger partial charge in [0, 0.05) is 11.8 Å². The van der Waals surface area contributed by atoms with Gasteiger partial charge in [0.15, 0.2) is 0 Å². The quantitative estimate of drug-likeness (QED) is 0.678. The molecule has 0 unspecified atom stereocenters. The van der Waals surface area contributed by atoms with E-state index in [4.69, 9.17) is 4.74 Å². The SMILES string of the molecule is C=C(C)Cn1c(OC)nc(C)cc1=O. The van der Waals surface area contributed by atoms with Crippen molar-refractivity contribution < 1.29 is 4.74 Å². The first kappa shape index (κ1) is 10.5. The van der Waals surface area contributed by atoms with Crippen LogP contribution in [0.5, 0.6) is 6.01 Å². The smallest absolute Gasteiger partial charge is 0.299 e. The number of allylic oxidation sites excluding steroid dienone is 1. The first-order valence-electron chi connectivity index (χ1n) is 4.31. The summed E-state index contributed by atoms with van der Waals surface area (Å²) in [7, 11) is 1.50. The fraction of sp³-hybridized carbons (Fsp3) is 0.400. The van der Waals surface area contributed by atoms with Gasteiger partial charge in [0.2, 0.25) is 0 Å². The van der Waals surface area contributed by atoms with Crippen molar-refractivity contribution in [3.63, 3.8) is 0 Å². The zero-order valence-electron chi connectivity index (χ0n) is 8.70. The van der Waals surface area contributed by atoms with Gasteiger partial charge in [-0.15, -0.1) is 0 Å². The number of aromatic nitrogens is 2. The van der Waals surface area contributed by atoms with Gasteiger partial charge in [0.1, 0.15) is 0 Å². The summed E-state index contributed by atoms with van der Waals surface area (Å²) in [4.78, 5) is 15.7. The number of nitrogens with zero attached hydrogens (tertiary/aromatic N) is 2. The highest BCUT2D eigenvalue weighted by atomic mass is 16.5. The minimum Gasteiger partial charge on any atom is -0.468 e. The van der Waals surface area contributed by atoms with Gasteiger partial charge in [-0.2, -0.15) is 0 Å². The van der Waals surface area contributed by atoms with Gasteiger partial charge >= 0.3 is 0 Å². The van der Waals surface area contributed by atoms with E-state index in [2.05, 4.69) is 11.6 Å². The van der Waals surface area contributed by atoms with Crippen molar-refractivity contribution in [2.45, 2.75) is 20.4 Å². The lowest BCUT2D eigenvalue weighted by Gasteiger charge is -2.10. The summed E-state index contributed by atoms with van der Waals surface area (Å²) in [5.74, 6) is 0. The average molecular weight is 194 g/mol. The molecule has 1 aromatic heterocycles. The van der Waals surface area contributed by atoms with Crippen LogP contribution in [-0.4, -0.2) is 16.7 Å². The lowest BCUT2D eigenvalue weighted by Crippen LogP contribution is -2.23.